The SMILES string of the molecule is N#[N+]c1ccc(N2CCCCCC2)cc1.[Cl-].[Cl-].[Cl-].[Cl-].[Zn+2]. The molecular formula is C12H16Cl4N3Zn-. The molecule has 1 aliphatic heterocycles. The van der Waals surface area contributed by atoms with Crippen LogP contribution in [0.4, 0.5) is 11.4 Å². The molecule has 3 nitrogen and oxygen atoms in total. The molecule has 1 heterocycles. The molecule has 0 aliphatic carbocycles. The number of benzene rings is 1. The Morgan fingerprint density at radius 2 is 1.25 bits per heavy atom. The zero-order chi connectivity index (χ0) is 10.5. The molecule has 0 bridgehead atoms. The van der Waals surface area contributed by atoms with E-state index in [1.165, 1.54) is 31.4 Å². The molecule has 1 saturated heterocycles. The van der Waals surface area contributed by atoms with E-state index in [9.17, 15) is 0 Å². The fraction of sp³-hybridized carbons (Fsp3) is 0.500. The number of halogens is 4. The summed E-state index contributed by atoms with van der Waals surface area (Å²) in [6.45, 7) is 2.30. The maximum atomic E-state index is 8.60. The van der Waals surface area contributed by atoms with Gasteiger partial charge in [-0.15, -0.1) is 0 Å². The van der Waals surface area contributed by atoms with Crippen molar-refractivity contribution in [1.29, 1.82) is 5.39 Å². The van der Waals surface area contributed by atoms with Crippen molar-refractivity contribution in [3.05, 3.63) is 29.2 Å². The number of nitrogens with zero attached hydrogens (tertiary/aromatic N) is 3. The molecule has 1 fully saturated rings. The van der Waals surface area contributed by atoms with Gasteiger partial charge in [-0.25, -0.2) is 0 Å². The summed E-state index contributed by atoms with van der Waals surface area (Å²) in [6.07, 6.45) is 5.26. The zero-order valence-corrected chi connectivity index (χ0v) is 17.1. The molecule has 0 N–H and O–H groups in total. The van der Waals surface area contributed by atoms with Crippen LogP contribution in [0.3, 0.4) is 0 Å². The first kappa shape index (κ1) is 28.4. The van der Waals surface area contributed by atoms with Crippen LogP contribution in [0.25, 0.3) is 4.98 Å². The maximum absolute atomic E-state index is 8.60. The van der Waals surface area contributed by atoms with Gasteiger partial charge >= 0.3 is 25.2 Å². The summed E-state index contributed by atoms with van der Waals surface area (Å²) in [6, 6.07) is 7.75. The maximum Gasteiger partial charge on any atom is 2.00 e. The van der Waals surface area contributed by atoms with Crippen LogP contribution in [0, 0.1) is 5.39 Å². The number of hydrogen-bond donors (Lipinski definition) is 0. The van der Waals surface area contributed by atoms with Crippen molar-refractivity contribution < 1.29 is 69.1 Å². The first-order valence-electron chi connectivity index (χ1n) is 5.60. The first-order valence-corrected chi connectivity index (χ1v) is 5.60. The predicted molar refractivity (Wildman–Crippen MR) is 61.9 cm³/mol. The van der Waals surface area contributed by atoms with E-state index in [0.29, 0.717) is 5.69 Å². The van der Waals surface area contributed by atoms with Crippen LogP contribution in [-0.4, -0.2) is 13.1 Å². The van der Waals surface area contributed by atoms with Crippen LogP contribution in [0.2, 0.25) is 0 Å². The number of rotatable bonds is 1. The Labute approximate surface area is 158 Å². The molecule has 0 spiro atoms. The molecule has 0 radical (unpaired) electrons. The van der Waals surface area contributed by atoms with Gasteiger partial charge in [0, 0.05) is 30.9 Å². The second-order valence-electron chi connectivity index (χ2n) is 4.02. The third-order valence-corrected chi connectivity index (χ3v) is 2.94. The van der Waals surface area contributed by atoms with Crippen LogP contribution in [0.1, 0.15) is 25.7 Å². The minimum Gasteiger partial charge on any atom is -1.00 e. The summed E-state index contributed by atoms with van der Waals surface area (Å²) in [4.78, 5) is 5.57. The zero-order valence-electron chi connectivity index (χ0n) is 11.1. The molecule has 0 aromatic heterocycles. The van der Waals surface area contributed by atoms with E-state index in [0.717, 1.165) is 13.1 Å². The fourth-order valence-electron chi connectivity index (χ4n) is 2.06. The Morgan fingerprint density at radius 3 is 1.65 bits per heavy atom. The van der Waals surface area contributed by atoms with Crippen molar-refractivity contribution in [2.24, 2.45) is 0 Å². The second kappa shape index (κ2) is 15.6. The Balaban J connectivity index is -0.000000256. The molecule has 110 valence electrons. The van der Waals surface area contributed by atoms with E-state index in [4.69, 9.17) is 5.39 Å². The number of diazo groups is 1. The van der Waals surface area contributed by atoms with Gasteiger partial charge in [-0.2, -0.15) is 0 Å². The van der Waals surface area contributed by atoms with Crippen molar-refractivity contribution >= 4 is 11.4 Å². The van der Waals surface area contributed by atoms with E-state index in [1.54, 1.807) is 0 Å². The number of hydrogen-bond acceptors (Lipinski definition) is 2. The molecular weight excluding hydrogens is 393 g/mol. The van der Waals surface area contributed by atoms with Crippen molar-refractivity contribution in [3.8, 4) is 0 Å². The van der Waals surface area contributed by atoms with Crippen molar-refractivity contribution in [3.63, 3.8) is 0 Å². The molecule has 20 heavy (non-hydrogen) atoms. The van der Waals surface area contributed by atoms with Gasteiger partial charge in [0.15, 0.2) is 4.98 Å². The van der Waals surface area contributed by atoms with E-state index >= 15 is 0 Å². The van der Waals surface area contributed by atoms with Gasteiger partial charge in [0.05, 0.1) is 0 Å². The normalized spacial score (nSPS) is 12.7. The van der Waals surface area contributed by atoms with Crippen molar-refractivity contribution in [2.75, 3.05) is 18.0 Å². The van der Waals surface area contributed by atoms with Crippen LogP contribution >= 0.6 is 0 Å². The third-order valence-electron chi connectivity index (χ3n) is 2.94. The summed E-state index contributed by atoms with van der Waals surface area (Å²) in [5.74, 6) is 0. The molecule has 1 aromatic carbocycles. The summed E-state index contributed by atoms with van der Waals surface area (Å²) < 4.78 is 0. The van der Waals surface area contributed by atoms with Crippen LogP contribution < -0.4 is 54.5 Å². The fourth-order valence-corrected chi connectivity index (χ4v) is 2.06. The van der Waals surface area contributed by atoms with Gasteiger partial charge in [-0.05, 0) is 25.0 Å². The predicted octanol–water partition coefficient (Wildman–Crippen LogP) is -8.43. The van der Waals surface area contributed by atoms with Gasteiger partial charge in [-0.1, -0.05) is 12.8 Å². The van der Waals surface area contributed by atoms with Gasteiger partial charge in [0.1, 0.15) is 0 Å². The molecule has 8 heteroatoms. The Bertz CT molecular complexity index is 362. The Hall–Kier alpha value is 0.223. The minimum atomic E-state index is 0. The third kappa shape index (κ3) is 8.50. The standard InChI is InChI=1S/C12H16N3.4ClH.Zn/c13-14-11-5-7-12(8-6-11)15-9-3-1-2-4-10-15;;;;;/h5-8H,1-4,9-10H2;4*1H;/q+1;;;;;+2/p-4. The van der Waals surface area contributed by atoms with E-state index in [1.807, 2.05) is 24.3 Å². The smallest absolute Gasteiger partial charge is 1.00 e. The van der Waals surface area contributed by atoms with E-state index < -0.39 is 0 Å². The molecule has 0 amide bonds. The second-order valence-corrected chi connectivity index (χ2v) is 4.02. The summed E-state index contributed by atoms with van der Waals surface area (Å²) in [7, 11) is 0. The van der Waals surface area contributed by atoms with Crippen LogP contribution in [-0.2, 0) is 19.5 Å². The van der Waals surface area contributed by atoms with Crippen molar-refractivity contribution in [1.82, 2.24) is 0 Å². The summed E-state index contributed by atoms with van der Waals surface area (Å²) in [5, 5.41) is 8.60. The average Bonchev–Trinajstić information content (AvgIpc) is 2.58. The summed E-state index contributed by atoms with van der Waals surface area (Å²) in [5.41, 5.74) is 1.86. The van der Waals surface area contributed by atoms with Gasteiger partial charge < -0.3 is 54.5 Å². The minimum absolute atomic E-state index is 0. The van der Waals surface area contributed by atoms with Gasteiger partial charge in [0.25, 0.3) is 0 Å². The first-order chi connectivity index (χ1) is 7.40. The molecule has 1 aliphatic rings. The Morgan fingerprint density at radius 1 is 0.800 bits per heavy atom. The molecule has 1 aromatic rings. The van der Waals surface area contributed by atoms with Crippen LogP contribution in [0.15, 0.2) is 24.3 Å². The van der Waals surface area contributed by atoms with Gasteiger partial charge in [-0.3, -0.25) is 0 Å². The van der Waals surface area contributed by atoms with Crippen LogP contribution in [0.5, 0.6) is 0 Å². The van der Waals surface area contributed by atoms with E-state index in [-0.39, 0.29) is 69.1 Å². The number of anilines is 1. The molecule has 0 atom stereocenters. The quantitative estimate of drug-likeness (QED) is 0.341. The largest absolute Gasteiger partial charge is 2.00 e. The molecule has 2 rings (SSSR count). The van der Waals surface area contributed by atoms with Gasteiger partial charge in [0.2, 0.25) is 5.39 Å². The monoisotopic (exact) mass is 406 g/mol. The average molecular weight is 409 g/mol. The Kier molecular flexibility index (Phi) is 22.2. The summed E-state index contributed by atoms with van der Waals surface area (Å²) >= 11 is 0. The topological polar surface area (TPSA) is 31.4 Å². The van der Waals surface area contributed by atoms with E-state index in [2.05, 4.69) is 9.88 Å². The molecule has 0 saturated carbocycles. The van der Waals surface area contributed by atoms with Crippen molar-refractivity contribution in [2.45, 2.75) is 25.7 Å². The molecule has 0 unspecified atom stereocenters.